The molecule has 1 heterocycles. The Morgan fingerprint density at radius 3 is 1.89 bits per heavy atom. The highest BCUT2D eigenvalue weighted by molar-refractivity contribution is 6.09. The minimum Gasteiger partial charge on any atom is -0.459 e. The smallest absolute Gasteiger partial charge is 0.416 e. The van der Waals surface area contributed by atoms with Gasteiger partial charge in [0.25, 0.3) is 11.8 Å². The zero-order chi connectivity index (χ0) is 19.4. The SMILES string of the molecule is O=C(Nc1ccccc1NC(=O)c1ccco1)c1ccc(C(F)(F)F)cc1. The highest BCUT2D eigenvalue weighted by atomic mass is 19.4. The summed E-state index contributed by atoms with van der Waals surface area (Å²) in [5.41, 5.74) is -0.179. The average molecular weight is 374 g/mol. The number of hydrogen-bond donors (Lipinski definition) is 2. The lowest BCUT2D eigenvalue weighted by molar-refractivity contribution is -0.137. The molecule has 1 aromatic heterocycles. The van der Waals surface area contributed by atoms with E-state index in [1.807, 2.05) is 0 Å². The molecule has 138 valence electrons. The van der Waals surface area contributed by atoms with Crippen molar-refractivity contribution in [3.8, 4) is 0 Å². The van der Waals surface area contributed by atoms with Crippen LogP contribution in [-0.4, -0.2) is 11.8 Å². The van der Waals surface area contributed by atoms with Crippen molar-refractivity contribution in [3.05, 3.63) is 83.8 Å². The summed E-state index contributed by atoms with van der Waals surface area (Å²) in [6, 6.07) is 13.3. The standard InChI is InChI=1S/C19H13F3N2O3/c20-19(21,22)13-9-7-12(8-10-13)17(25)23-14-4-1-2-5-15(14)24-18(26)16-6-3-11-27-16/h1-11H,(H,23,25)(H,24,26). The number of rotatable bonds is 4. The van der Waals surface area contributed by atoms with Gasteiger partial charge in [-0.3, -0.25) is 9.59 Å². The summed E-state index contributed by atoms with van der Waals surface area (Å²) in [5.74, 6) is -1.02. The Morgan fingerprint density at radius 2 is 1.37 bits per heavy atom. The second-order valence-electron chi connectivity index (χ2n) is 5.51. The zero-order valence-electron chi connectivity index (χ0n) is 13.7. The predicted octanol–water partition coefficient (Wildman–Crippen LogP) is 4.80. The summed E-state index contributed by atoms with van der Waals surface area (Å²) >= 11 is 0. The first-order chi connectivity index (χ1) is 12.8. The first-order valence-electron chi connectivity index (χ1n) is 7.77. The lowest BCUT2D eigenvalue weighted by Crippen LogP contribution is -2.16. The average Bonchev–Trinajstić information content (AvgIpc) is 3.17. The third-order valence-corrected chi connectivity index (χ3v) is 3.64. The van der Waals surface area contributed by atoms with Crippen LogP contribution in [0.4, 0.5) is 24.5 Å². The Bertz CT molecular complexity index is 949. The highest BCUT2D eigenvalue weighted by Crippen LogP contribution is 2.29. The van der Waals surface area contributed by atoms with Gasteiger partial charge in [-0.2, -0.15) is 13.2 Å². The van der Waals surface area contributed by atoms with Crippen molar-refractivity contribution in [3.63, 3.8) is 0 Å². The quantitative estimate of drug-likeness (QED) is 0.689. The molecule has 0 fully saturated rings. The molecule has 27 heavy (non-hydrogen) atoms. The minimum absolute atomic E-state index is 0.0511. The lowest BCUT2D eigenvalue weighted by Gasteiger charge is -2.12. The summed E-state index contributed by atoms with van der Waals surface area (Å²) < 4.78 is 42.8. The molecule has 0 saturated carbocycles. The van der Waals surface area contributed by atoms with Crippen molar-refractivity contribution < 1.29 is 27.2 Å². The third-order valence-electron chi connectivity index (χ3n) is 3.64. The molecule has 3 rings (SSSR count). The Balaban J connectivity index is 1.75. The van der Waals surface area contributed by atoms with Crippen molar-refractivity contribution >= 4 is 23.2 Å². The van der Waals surface area contributed by atoms with Gasteiger partial charge in [-0.05, 0) is 48.5 Å². The van der Waals surface area contributed by atoms with Crippen LogP contribution in [-0.2, 0) is 6.18 Å². The fourth-order valence-corrected chi connectivity index (χ4v) is 2.30. The molecular formula is C19H13F3N2O3. The van der Waals surface area contributed by atoms with Gasteiger partial charge in [-0.15, -0.1) is 0 Å². The Hall–Kier alpha value is -3.55. The van der Waals surface area contributed by atoms with Gasteiger partial charge in [0, 0.05) is 5.56 Å². The third kappa shape index (κ3) is 4.35. The minimum atomic E-state index is -4.47. The van der Waals surface area contributed by atoms with Gasteiger partial charge in [-0.1, -0.05) is 12.1 Å². The predicted molar refractivity (Wildman–Crippen MR) is 92.5 cm³/mol. The van der Waals surface area contributed by atoms with E-state index in [0.29, 0.717) is 11.4 Å². The summed E-state index contributed by atoms with van der Waals surface area (Å²) in [6.07, 6.45) is -3.12. The van der Waals surface area contributed by atoms with Crippen LogP contribution in [0.5, 0.6) is 0 Å². The van der Waals surface area contributed by atoms with Gasteiger partial charge in [0.15, 0.2) is 5.76 Å². The molecule has 0 saturated heterocycles. The Kier molecular flexibility index (Phi) is 4.98. The lowest BCUT2D eigenvalue weighted by atomic mass is 10.1. The number of carbonyl (C=O) groups excluding carboxylic acids is 2. The number of benzene rings is 2. The second kappa shape index (κ2) is 7.36. The number of anilines is 2. The first kappa shape index (κ1) is 18.2. The zero-order valence-corrected chi connectivity index (χ0v) is 13.7. The maximum Gasteiger partial charge on any atom is 0.416 e. The van der Waals surface area contributed by atoms with Crippen LogP contribution >= 0.6 is 0 Å². The van der Waals surface area contributed by atoms with Crippen LogP contribution in [0.25, 0.3) is 0 Å². The number of alkyl halides is 3. The molecule has 3 aromatic rings. The molecule has 0 unspecified atom stereocenters. The number of nitrogens with one attached hydrogen (secondary N) is 2. The summed E-state index contributed by atoms with van der Waals surface area (Å²) in [5, 5.41) is 5.17. The molecule has 0 aliphatic rings. The highest BCUT2D eigenvalue weighted by Gasteiger charge is 2.30. The molecule has 0 aliphatic heterocycles. The van der Waals surface area contributed by atoms with E-state index < -0.39 is 23.6 Å². The topological polar surface area (TPSA) is 71.3 Å². The van der Waals surface area contributed by atoms with E-state index in [-0.39, 0.29) is 11.3 Å². The van der Waals surface area contributed by atoms with Crippen molar-refractivity contribution in [1.29, 1.82) is 0 Å². The molecule has 2 N–H and O–H groups in total. The maximum atomic E-state index is 12.6. The first-order valence-corrected chi connectivity index (χ1v) is 7.77. The van der Waals surface area contributed by atoms with Crippen LogP contribution < -0.4 is 10.6 Å². The van der Waals surface area contributed by atoms with Gasteiger partial charge in [-0.25, -0.2) is 0 Å². The fraction of sp³-hybridized carbons (Fsp3) is 0.0526. The number of para-hydroxylation sites is 2. The molecular weight excluding hydrogens is 361 g/mol. The van der Waals surface area contributed by atoms with Crippen molar-refractivity contribution in [1.82, 2.24) is 0 Å². The molecule has 0 atom stereocenters. The van der Waals surface area contributed by atoms with E-state index in [1.54, 1.807) is 30.3 Å². The van der Waals surface area contributed by atoms with E-state index in [4.69, 9.17) is 4.42 Å². The number of furan rings is 1. The van der Waals surface area contributed by atoms with E-state index >= 15 is 0 Å². The normalized spacial score (nSPS) is 11.1. The number of amides is 2. The van der Waals surface area contributed by atoms with E-state index in [9.17, 15) is 22.8 Å². The molecule has 0 radical (unpaired) electrons. The Morgan fingerprint density at radius 1 is 0.778 bits per heavy atom. The molecule has 8 heteroatoms. The van der Waals surface area contributed by atoms with E-state index in [2.05, 4.69) is 10.6 Å². The fourth-order valence-electron chi connectivity index (χ4n) is 2.30. The summed E-state index contributed by atoms with van der Waals surface area (Å²) in [7, 11) is 0. The molecule has 0 spiro atoms. The van der Waals surface area contributed by atoms with Crippen LogP contribution in [0, 0.1) is 0 Å². The van der Waals surface area contributed by atoms with Crippen LogP contribution in [0.1, 0.15) is 26.5 Å². The molecule has 2 amide bonds. The Labute approximate surface area is 151 Å². The van der Waals surface area contributed by atoms with Crippen molar-refractivity contribution in [2.24, 2.45) is 0 Å². The van der Waals surface area contributed by atoms with Gasteiger partial charge < -0.3 is 15.1 Å². The van der Waals surface area contributed by atoms with E-state index in [0.717, 1.165) is 24.3 Å². The van der Waals surface area contributed by atoms with Crippen LogP contribution in [0.3, 0.4) is 0 Å². The van der Waals surface area contributed by atoms with Crippen LogP contribution in [0.15, 0.2) is 71.3 Å². The number of halogens is 3. The van der Waals surface area contributed by atoms with E-state index in [1.165, 1.54) is 12.3 Å². The maximum absolute atomic E-state index is 12.6. The second-order valence-corrected chi connectivity index (χ2v) is 5.51. The van der Waals surface area contributed by atoms with Gasteiger partial charge >= 0.3 is 6.18 Å². The van der Waals surface area contributed by atoms with Gasteiger partial charge in [0.05, 0.1) is 23.2 Å². The van der Waals surface area contributed by atoms with Crippen molar-refractivity contribution in [2.75, 3.05) is 10.6 Å². The number of hydrogen-bond acceptors (Lipinski definition) is 3. The molecule has 0 aliphatic carbocycles. The largest absolute Gasteiger partial charge is 0.459 e. The van der Waals surface area contributed by atoms with Crippen LogP contribution in [0.2, 0.25) is 0 Å². The van der Waals surface area contributed by atoms with Gasteiger partial charge in [0.2, 0.25) is 0 Å². The summed E-state index contributed by atoms with van der Waals surface area (Å²) in [4.78, 5) is 24.4. The van der Waals surface area contributed by atoms with Crippen molar-refractivity contribution in [2.45, 2.75) is 6.18 Å². The monoisotopic (exact) mass is 374 g/mol. The molecule has 5 nitrogen and oxygen atoms in total. The molecule has 0 bridgehead atoms. The number of carbonyl (C=O) groups is 2. The van der Waals surface area contributed by atoms with Gasteiger partial charge in [0.1, 0.15) is 0 Å². The molecule has 2 aromatic carbocycles. The summed E-state index contributed by atoms with van der Waals surface area (Å²) in [6.45, 7) is 0.